The second kappa shape index (κ2) is 8.14. The molecular weight excluding hydrogens is 351 g/mol. The van der Waals surface area contributed by atoms with Gasteiger partial charge in [0.15, 0.2) is 5.82 Å². The summed E-state index contributed by atoms with van der Waals surface area (Å²) in [6.45, 7) is 1.99. The van der Waals surface area contributed by atoms with Crippen molar-refractivity contribution in [1.82, 2.24) is 20.1 Å². The maximum Gasteiger partial charge on any atom is 0.233 e. The van der Waals surface area contributed by atoms with Crippen LogP contribution in [0, 0.1) is 5.82 Å². The van der Waals surface area contributed by atoms with Gasteiger partial charge in [0.25, 0.3) is 0 Å². The highest BCUT2D eigenvalue weighted by atomic mass is 32.2. The van der Waals surface area contributed by atoms with E-state index in [9.17, 15) is 9.18 Å². The van der Waals surface area contributed by atoms with Gasteiger partial charge in [0.1, 0.15) is 5.82 Å². The standard InChI is InChI=1S/C19H19FN4OS/c1-13(14-8-4-3-5-9-14)24(2)17(25)12-26-19-21-18(22-23-19)15-10-6-7-11-16(15)20/h3-11,13H,12H2,1-2H3,(H,21,22,23)/t13-/m0/s1. The fourth-order valence-electron chi connectivity index (χ4n) is 2.48. The summed E-state index contributed by atoms with van der Waals surface area (Å²) >= 11 is 1.22. The van der Waals surface area contributed by atoms with E-state index in [1.165, 1.54) is 17.8 Å². The van der Waals surface area contributed by atoms with Gasteiger partial charge < -0.3 is 4.90 Å². The van der Waals surface area contributed by atoms with Crippen molar-refractivity contribution < 1.29 is 9.18 Å². The first-order chi connectivity index (χ1) is 12.6. The van der Waals surface area contributed by atoms with Gasteiger partial charge in [-0.25, -0.2) is 9.37 Å². The Labute approximate surface area is 155 Å². The number of carbonyl (C=O) groups excluding carboxylic acids is 1. The molecule has 1 atom stereocenters. The number of carbonyl (C=O) groups is 1. The topological polar surface area (TPSA) is 61.9 Å². The molecule has 3 aromatic rings. The van der Waals surface area contributed by atoms with Crippen LogP contribution in [0.15, 0.2) is 59.8 Å². The lowest BCUT2D eigenvalue weighted by molar-refractivity contribution is -0.128. The largest absolute Gasteiger partial charge is 0.338 e. The highest BCUT2D eigenvalue weighted by Gasteiger charge is 2.18. The molecule has 0 fully saturated rings. The molecule has 0 saturated heterocycles. The van der Waals surface area contributed by atoms with E-state index >= 15 is 0 Å². The molecule has 0 unspecified atom stereocenters. The van der Waals surface area contributed by atoms with E-state index in [1.807, 2.05) is 37.3 Å². The summed E-state index contributed by atoms with van der Waals surface area (Å²) in [4.78, 5) is 18.4. The van der Waals surface area contributed by atoms with E-state index in [0.717, 1.165) is 5.56 Å². The van der Waals surface area contributed by atoms with Crippen molar-refractivity contribution in [3.63, 3.8) is 0 Å². The van der Waals surface area contributed by atoms with Crippen LogP contribution < -0.4 is 0 Å². The first-order valence-corrected chi connectivity index (χ1v) is 9.15. The Bertz CT molecular complexity index is 884. The summed E-state index contributed by atoms with van der Waals surface area (Å²) in [5.41, 5.74) is 1.43. The van der Waals surface area contributed by atoms with Crippen LogP contribution in [0.25, 0.3) is 11.4 Å². The number of benzene rings is 2. The van der Waals surface area contributed by atoms with E-state index in [0.29, 0.717) is 16.5 Å². The molecule has 0 radical (unpaired) electrons. The van der Waals surface area contributed by atoms with Crippen LogP contribution in [-0.4, -0.2) is 38.8 Å². The van der Waals surface area contributed by atoms with Gasteiger partial charge >= 0.3 is 0 Å². The predicted molar refractivity (Wildman–Crippen MR) is 100 cm³/mol. The molecule has 0 saturated carbocycles. The van der Waals surface area contributed by atoms with Gasteiger partial charge in [-0.15, -0.1) is 5.10 Å². The maximum absolute atomic E-state index is 13.8. The minimum atomic E-state index is -0.368. The number of H-pyrrole nitrogens is 1. The summed E-state index contributed by atoms with van der Waals surface area (Å²) in [5, 5.41) is 7.19. The normalized spacial score (nSPS) is 12.0. The minimum absolute atomic E-state index is 0.0228. The van der Waals surface area contributed by atoms with E-state index in [4.69, 9.17) is 0 Å². The highest BCUT2D eigenvalue weighted by molar-refractivity contribution is 7.99. The minimum Gasteiger partial charge on any atom is -0.338 e. The SMILES string of the molecule is C[C@@H](c1ccccc1)N(C)C(=O)CSc1n[nH]c(-c2ccccc2F)n1. The Morgan fingerprint density at radius 2 is 1.88 bits per heavy atom. The zero-order valence-corrected chi connectivity index (χ0v) is 15.3. The molecule has 2 aromatic carbocycles. The van der Waals surface area contributed by atoms with E-state index < -0.39 is 0 Å². The van der Waals surface area contributed by atoms with Gasteiger partial charge in [-0.3, -0.25) is 9.89 Å². The van der Waals surface area contributed by atoms with Crippen molar-refractivity contribution in [3.05, 3.63) is 66.0 Å². The summed E-state index contributed by atoms with van der Waals surface area (Å²) in [5.74, 6) is 0.169. The molecule has 0 aliphatic carbocycles. The van der Waals surface area contributed by atoms with Crippen molar-refractivity contribution in [3.8, 4) is 11.4 Å². The summed E-state index contributed by atoms with van der Waals surface area (Å²) in [7, 11) is 1.78. The molecule has 0 aliphatic rings. The molecule has 1 heterocycles. The Morgan fingerprint density at radius 1 is 1.19 bits per heavy atom. The van der Waals surface area contributed by atoms with Crippen LogP contribution in [0.5, 0.6) is 0 Å². The molecule has 1 aromatic heterocycles. The number of nitrogens with zero attached hydrogens (tertiary/aromatic N) is 3. The smallest absolute Gasteiger partial charge is 0.233 e. The Kier molecular flexibility index (Phi) is 5.68. The molecule has 1 N–H and O–H groups in total. The third-order valence-electron chi connectivity index (χ3n) is 4.17. The third-order valence-corrected chi connectivity index (χ3v) is 5.01. The lowest BCUT2D eigenvalue weighted by Gasteiger charge is -2.25. The lowest BCUT2D eigenvalue weighted by Crippen LogP contribution is -2.31. The van der Waals surface area contributed by atoms with Gasteiger partial charge in [0, 0.05) is 7.05 Å². The second-order valence-electron chi connectivity index (χ2n) is 5.83. The zero-order valence-electron chi connectivity index (χ0n) is 14.5. The molecule has 26 heavy (non-hydrogen) atoms. The van der Waals surface area contributed by atoms with E-state index in [1.54, 1.807) is 30.1 Å². The third kappa shape index (κ3) is 4.11. The van der Waals surface area contributed by atoms with Gasteiger partial charge in [-0.1, -0.05) is 54.2 Å². The molecule has 7 heteroatoms. The van der Waals surface area contributed by atoms with Gasteiger partial charge in [-0.2, -0.15) is 0 Å². The molecule has 0 aliphatic heterocycles. The summed E-state index contributed by atoms with van der Waals surface area (Å²) in [6.07, 6.45) is 0. The van der Waals surface area contributed by atoms with Crippen LogP contribution in [-0.2, 0) is 4.79 Å². The number of aromatic amines is 1. The summed E-state index contributed by atoms with van der Waals surface area (Å²) < 4.78 is 13.8. The fourth-order valence-corrected chi connectivity index (χ4v) is 3.21. The van der Waals surface area contributed by atoms with Gasteiger partial charge in [0.2, 0.25) is 11.1 Å². The van der Waals surface area contributed by atoms with Crippen molar-refractivity contribution in [2.45, 2.75) is 18.1 Å². The number of nitrogens with one attached hydrogen (secondary N) is 1. The zero-order chi connectivity index (χ0) is 18.5. The second-order valence-corrected chi connectivity index (χ2v) is 6.77. The maximum atomic E-state index is 13.8. The monoisotopic (exact) mass is 370 g/mol. The lowest BCUT2D eigenvalue weighted by atomic mass is 10.1. The van der Waals surface area contributed by atoms with E-state index in [2.05, 4.69) is 15.2 Å². The van der Waals surface area contributed by atoms with Gasteiger partial charge in [0.05, 0.1) is 17.4 Å². The summed E-state index contributed by atoms with van der Waals surface area (Å²) in [6, 6.07) is 16.2. The molecular formula is C19H19FN4OS. The molecule has 0 spiro atoms. The van der Waals surface area contributed by atoms with Crippen LogP contribution >= 0.6 is 11.8 Å². The molecule has 3 rings (SSSR count). The number of rotatable bonds is 6. The molecule has 1 amide bonds. The average Bonchev–Trinajstić information content (AvgIpc) is 3.14. The quantitative estimate of drug-likeness (QED) is 0.668. The molecule has 0 bridgehead atoms. The first kappa shape index (κ1) is 18.1. The number of aromatic nitrogens is 3. The molecule has 134 valence electrons. The number of hydrogen-bond donors (Lipinski definition) is 1. The molecule has 5 nitrogen and oxygen atoms in total. The van der Waals surface area contributed by atoms with Gasteiger partial charge in [-0.05, 0) is 24.6 Å². The fraction of sp³-hybridized carbons (Fsp3) is 0.211. The number of thioether (sulfide) groups is 1. The Balaban J connectivity index is 1.61. The highest BCUT2D eigenvalue weighted by Crippen LogP contribution is 2.23. The van der Waals surface area contributed by atoms with Crippen LogP contribution in [0.4, 0.5) is 4.39 Å². The van der Waals surface area contributed by atoms with Crippen molar-refractivity contribution >= 4 is 17.7 Å². The average molecular weight is 370 g/mol. The van der Waals surface area contributed by atoms with Crippen molar-refractivity contribution in [2.24, 2.45) is 0 Å². The Morgan fingerprint density at radius 3 is 2.62 bits per heavy atom. The number of amides is 1. The van der Waals surface area contributed by atoms with Crippen LogP contribution in [0.1, 0.15) is 18.5 Å². The van der Waals surface area contributed by atoms with Crippen molar-refractivity contribution in [1.29, 1.82) is 0 Å². The number of hydrogen-bond acceptors (Lipinski definition) is 4. The first-order valence-electron chi connectivity index (χ1n) is 8.17. The predicted octanol–water partition coefficient (Wildman–Crippen LogP) is 3.92. The number of halogens is 1. The van der Waals surface area contributed by atoms with Crippen LogP contribution in [0.2, 0.25) is 0 Å². The van der Waals surface area contributed by atoms with Crippen LogP contribution in [0.3, 0.4) is 0 Å². The van der Waals surface area contributed by atoms with Crippen molar-refractivity contribution in [2.75, 3.05) is 12.8 Å². The Hall–Kier alpha value is -2.67. The van der Waals surface area contributed by atoms with E-state index in [-0.39, 0.29) is 23.5 Å².